The van der Waals surface area contributed by atoms with Gasteiger partial charge in [-0.25, -0.2) is 0 Å². The molecule has 0 aromatic carbocycles. The van der Waals surface area contributed by atoms with Crippen LogP contribution in [0.15, 0.2) is 18.3 Å². The van der Waals surface area contributed by atoms with Gasteiger partial charge in [-0.05, 0) is 18.1 Å². The zero-order valence-electron chi connectivity index (χ0n) is 11.6. The van der Waals surface area contributed by atoms with E-state index in [0.29, 0.717) is 12.2 Å². The lowest BCUT2D eigenvalue weighted by molar-refractivity contribution is -0.0942. The Labute approximate surface area is 113 Å². The van der Waals surface area contributed by atoms with Gasteiger partial charge in [-0.1, -0.05) is 19.9 Å². The molecule has 1 aliphatic rings. The number of nitrogens with zero attached hydrogens (tertiary/aromatic N) is 1. The number of aromatic nitrogens is 1. The van der Waals surface area contributed by atoms with Crippen molar-refractivity contribution in [1.29, 1.82) is 0 Å². The molecule has 0 saturated heterocycles. The first kappa shape index (κ1) is 14.0. The van der Waals surface area contributed by atoms with E-state index in [2.05, 4.69) is 24.1 Å². The summed E-state index contributed by atoms with van der Waals surface area (Å²) in [5, 5.41) is 3.01. The summed E-state index contributed by atoms with van der Waals surface area (Å²) < 4.78 is 5.37. The van der Waals surface area contributed by atoms with Crippen LogP contribution < -0.4 is 11.1 Å². The summed E-state index contributed by atoms with van der Waals surface area (Å²) in [5.41, 5.74) is 6.80. The van der Waals surface area contributed by atoms with Crippen molar-refractivity contribution in [3.8, 4) is 0 Å². The maximum absolute atomic E-state index is 12.1. The van der Waals surface area contributed by atoms with Gasteiger partial charge >= 0.3 is 0 Å². The molecule has 19 heavy (non-hydrogen) atoms. The van der Waals surface area contributed by atoms with Crippen molar-refractivity contribution in [2.45, 2.75) is 39.0 Å². The van der Waals surface area contributed by atoms with Crippen molar-refractivity contribution < 1.29 is 9.53 Å². The van der Waals surface area contributed by atoms with Gasteiger partial charge in [0.25, 0.3) is 5.91 Å². The molecule has 1 aliphatic carbocycles. The predicted molar refractivity (Wildman–Crippen MR) is 72.6 cm³/mol. The van der Waals surface area contributed by atoms with E-state index in [9.17, 15) is 4.79 Å². The molecule has 0 radical (unpaired) electrons. The fourth-order valence-corrected chi connectivity index (χ4v) is 2.44. The summed E-state index contributed by atoms with van der Waals surface area (Å²) in [4.78, 5) is 16.2. The minimum absolute atomic E-state index is 0.0401. The van der Waals surface area contributed by atoms with Crippen molar-refractivity contribution in [2.24, 2.45) is 11.1 Å². The first-order valence-electron chi connectivity index (χ1n) is 6.47. The monoisotopic (exact) mass is 263 g/mol. The van der Waals surface area contributed by atoms with Crippen LogP contribution in [0.4, 0.5) is 0 Å². The fourth-order valence-electron chi connectivity index (χ4n) is 2.44. The summed E-state index contributed by atoms with van der Waals surface area (Å²) in [7, 11) is 1.71. The molecule has 5 heteroatoms. The van der Waals surface area contributed by atoms with Crippen LogP contribution in [0.3, 0.4) is 0 Å². The second-order valence-electron chi connectivity index (χ2n) is 5.56. The zero-order valence-corrected chi connectivity index (χ0v) is 11.6. The third kappa shape index (κ3) is 2.62. The largest absolute Gasteiger partial charge is 0.381 e. The van der Waals surface area contributed by atoms with Gasteiger partial charge in [0, 0.05) is 31.3 Å². The number of carbonyl (C=O) groups is 1. The minimum Gasteiger partial charge on any atom is -0.381 e. The molecule has 2 atom stereocenters. The SMILES string of the molecule is COC1CC(NC(=O)c2ccc(CN)cn2)C1(C)C. The third-order valence-electron chi connectivity index (χ3n) is 4.06. The van der Waals surface area contributed by atoms with Crippen LogP contribution >= 0.6 is 0 Å². The number of nitrogens with one attached hydrogen (secondary N) is 1. The summed E-state index contributed by atoms with van der Waals surface area (Å²) in [6.07, 6.45) is 2.68. The van der Waals surface area contributed by atoms with E-state index < -0.39 is 0 Å². The molecule has 1 aromatic rings. The van der Waals surface area contributed by atoms with Crippen LogP contribution in [0.2, 0.25) is 0 Å². The van der Waals surface area contributed by atoms with Crippen molar-refractivity contribution in [1.82, 2.24) is 10.3 Å². The Bertz CT molecular complexity index is 456. The van der Waals surface area contributed by atoms with Crippen molar-refractivity contribution in [3.05, 3.63) is 29.6 Å². The summed E-state index contributed by atoms with van der Waals surface area (Å²) in [6, 6.07) is 3.66. The molecular formula is C14H21N3O2. The lowest BCUT2D eigenvalue weighted by Gasteiger charge is -2.51. The van der Waals surface area contributed by atoms with E-state index in [4.69, 9.17) is 10.5 Å². The Hall–Kier alpha value is -1.46. The Morgan fingerprint density at radius 1 is 1.58 bits per heavy atom. The second-order valence-corrected chi connectivity index (χ2v) is 5.56. The molecule has 1 fully saturated rings. The lowest BCUT2D eigenvalue weighted by atomic mass is 9.64. The maximum atomic E-state index is 12.1. The molecule has 104 valence electrons. The molecule has 1 saturated carbocycles. The lowest BCUT2D eigenvalue weighted by Crippen LogP contribution is -2.61. The number of rotatable bonds is 4. The van der Waals surface area contributed by atoms with Crippen LogP contribution in [0.25, 0.3) is 0 Å². The van der Waals surface area contributed by atoms with Crippen LogP contribution in [0.5, 0.6) is 0 Å². The molecule has 1 heterocycles. The molecule has 0 bridgehead atoms. The van der Waals surface area contributed by atoms with Gasteiger partial charge in [0.15, 0.2) is 0 Å². The quantitative estimate of drug-likeness (QED) is 0.852. The Morgan fingerprint density at radius 3 is 2.79 bits per heavy atom. The molecule has 1 aromatic heterocycles. The number of methoxy groups -OCH3 is 1. The number of ether oxygens (including phenoxy) is 1. The van der Waals surface area contributed by atoms with Gasteiger partial charge in [0.2, 0.25) is 0 Å². The highest BCUT2D eigenvalue weighted by Crippen LogP contribution is 2.42. The zero-order chi connectivity index (χ0) is 14.0. The van der Waals surface area contributed by atoms with Gasteiger partial charge in [-0.15, -0.1) is 0 Å². The van der Waals surface area contributed by atoms with E-state index in [1.807, 2.05) is 6.07 Å². The van der Waals surface area contributed by atoms with E-state index in [-0.39, 0.29) is 23.5 Å². The fraction of sp³-hybridized carbons (Fsp3) is 0.571. The maximum Gasteiger partial charge on any atom is 0.270 e. The first-order chi connectivity index (χ1) is 8.98. The van der Waals surface area contributed by atoms with E-state index in [1.165, 1.54) is 0 Å². The average Bonchev–Trinajstić information content (AvgIpc) is 2.42. The highest BCUT2D eigenvalue weighted by molar-refractivity contribution is 5.92. The van der Waals surface area contributed by atoms with Gasteiger partial charge in [0.05, 0.1) is 6.10 Å². The van der Waals surface area contributed by atoms with Crippen molar-refractivity contribution >= 4 is 5.91 Å². The number of hydrogen-bond donors (Lipinski definition) is 2. The van der Waals surface area contributed by atoms with Gasteiger partial charge < -0.3 is 15.8 Å². The number of pyridine rings is 1. The van der Waals surface area contributed by atoms with E-state index in [1.54, 1.807) is 19.4 Å². The van der Waals surface area contributed by atoms with E-state index in [0.717, 1.165) is 12.0 Å². The smallest absolute Gasteiger partial charge is 0.270 e. The molecule has 3 N–H and O–H groups in total. The summed E-state index contributed by atoms with van der Waals surface area (Å²) >= 11 is 0. The average molecular weight is 263 g/mol. The van der Waals surface area contributed by atoms with Crippen LogP contribution in [0, 0.1) is 5.41 Å². The van der Waals surface area contributed by atoms with Crippen LogP contribution in [-0.2, 0) is 11.3 Å². The van der Waals surface area contributed by atoms with Crippen LogP contribution in [0.1, 0.15) is 36.3 Å². The second kappa shape index (κ2) is 5.27. The number of hydrogen-bond acceptors (Lipinski definition) is 4. The first-order valence-corrected chi connectivity index (χ1v) is 6.47. The summed E-state index contributed by atoms with van der Waals surface area (Å²) in [6.45, 7) is 4.63. The number of amides is 1. The van der Waals surface area contributed by atoms with Crippen molar-refractivity contribution in [2.75, 3.05) is 7.11 Å². The van der Waals surface area contributed by atoms with Gasteiger partial charge in [0.1, 0.15) is 5.69 Å². The van der Waals surface area contributed by atoms with E-state index >= 15 is 0 Å². The highest BCUT2D eigenvalue weighted by Gasteiger charge is 2.49. The number of carbonyl (C=O) groups excluding carboxylic acids is 1. The normalized spacial score (nSPS) is 24.6. The van der Waals surface area contributed by atoms with Crippen molar-refractivity contribution in [3.63, 3.8) is 0 Å². The Balaban J connectivity index is 1.98. The molecule has 2 unspecified atom stereocenters. The van der Waals surface area contributed by atoms with Crippen LogP contribution in [-0.4, -0.2) is 30.1 Å². The topological polar surface area (TPSA) is 77.2 Å². The molecule has 1 amide bonds. The highest BCUT2D eigenvalue weighted by atomic mass is 16.5. The molecule has 2 rings (SSSR count). The Kier molecular flexibility index (Phi) is 3.87. The molecule has 5 nitrogen and oxygen atoms in total. The summed E-state index contributed by atoms with van der Waals surface area (Å²) in [5.74, 6) is -0.142. The van der Waals surface area contributed by atoms with Gasteiger partial charge in [-0.2, -0.15) is 0 Å². The molecule has 0 aliphatic heterocycles. The third-order valence-corrected chi connectivity index (χ3v) is 4.06. The number of nitrogens with two attached hydrogens (primary N) is 1. The molecule has 0 spiro atoms. The standard InChI is InChI=1S/C14H21N3O2/c1-14(2)11(6-12(14)19-3)17-13(18)10-5-4-9(7-15)8-16-10/h4-5,8,11-12H,6-7,15H2,1-3H3,(H,17,18). The Morgan fingerprint density at radius 2 is 2.32 bits per heavy atom. The minimum atomic E-state index is -0.142. The molecular weight excluding hydrogens is 242 g/mol. The predicted octanol–water partition coefficient (Wildman–Crippen LogP) is 1.08. The van der Waals surface area contributed by atoms with Gasteiger partial charge in [-0.3, -0.25) is 9.78 Å².